The van der Waals surface area contributed by atoms with Gasteiger partial charge in [0.1, 0.15) is 5.75 Å². The Hall–Kier alpha value is -2.71. The van der Waals surface area contributed by atoms with Crippen LogP contribution in [-0.4, -0.2) is 22.9 Å². The Balaban J connectivity index is 0.00000370. The second-order valence-corrected chi connectivity index (χ2v) is 11.2. The minimum atomic E-state index is -4.89. The van der Waals surface area contributed by atoms with Gasteiger partial charge in [0.05, 0.1) is 11.3 Å². The number of para-hydroxylation sites is 1. The first-order valence-electron chi connectivity index (χ1n) is 14.3. The Kier molecular flexibility index (Phi) is 9.72. The summed E-state index contributed by atoms with van der Waals surface area (Å²) in [4.78, 5) is 12.5. The molecule has 0 saturated heterocycles. The van der Waals surface area contributed by atoms with Crippen LogP contribution in [0.15, 0.2) is 42.6 Å². The number of halogens is 4. The van der Waals surface area contributed by atoms with Gasteiger partial charge in [-0.1, -0.05) is 50.5 Å². The SMILES string of the molecule is CCC(=O)Nc1ccc(C2CCC(N)CC2)c(OC(F)(F)F)c1-c1cn(CC2CCCCC2)c2ccccc12.Cl. The van der Waals surface area contributed by atoms with Crippen LogP contribution >= 0.6 is 12.4 Å². The van der Waals surface area contributed by atoms with Crippen LogP contribution in [0.3, 0.4) is 0 Å². The van der Waals surface area contributed by atoms with Gasteiger partial charge in [-0.25, -0.2) is 0 Å². The molecule has 5 nitrogen and oxygen atoms in total. The second-order valence-electron chi connectivity index (χ2n) is 11.2. The summed E-state index contributed by atoms with van der Waals surface area (Å²) in [6.45, 7) is 2.53. The average Bonchev–Trinajstić information content (AvgIpc) is 3.27. The number of nitrogens with zero attached hydrogens (tertiary/aromatic N) is 1. The van der Waals surface area contributed by atoms with Crippen molar-refractivity contribution in [1.82, 2.24) is 4.57 Å². The van der Waals surface area contributed by atoms with Crippen molar-refractivity contribution < 1.29 is 22.7 Å². The van der Waals surface area contributed by atoms with E-state index in [2.05, 4.69) is 9.88 Å². The molecule has 0 aliphatic heterocycles. The normalized spacial score (nSPS) is 20.2. The topological polar surface area (TPSA) is 69.3 Å². The van der Waals surface area contributed by atoms with E-state index >= 15 is 0 Å². The fourth-order valence-electron chi connectivity index (χ4n) is 6.43. The van der Waals surface area contributed by atoms with Crippen molar-refractivity contribution in [3.63, 3.8) is 0 Å². The number of anilines is 1. The lowest BCUT2D eigenvalue weighted by Crippen LogP contribution is -2.26. The van der Waals surface area contributed by atoms with Crippen molar-refractivity contribution in [2.24, 2.45) is 11.7 Å². The molecule has 2 aliphatic carbocycles. The van der Waals surface area contributed by atoms with Crippen LogP contribution < -0.4 is 15.8 Å². The van der Waals surface area contributed by atoms with Gasteiger partial charge in [0, 0.05) is 41.7 Å². The highest BCUT2D eigenvalue weighted by Crippen LogP contribution is 2.49. The van der Waals surface area contributed by atoms with Crippen molar-refractivity contribution >= 4 is 34.9 Å². The molecule has 0 radical (unpaired) electrons. The van der Waals surface area contributed by atoms with Crippen LogP contribution in [0.25, 0.3) is 22.0 Å². The number of nitrogens with two attached hydrogens (primary N) is 1. The van der Waals surface area contributed by atoms with Gasteiger partial charge < -0.3 is 20.4 Å². The molecule has 0 spiro atoms. The number of ether oxygens (including phenoxy) is 1. The van der Waals surface area contributed by atoms with Crippen LogP contribution in [0.4, 0.5) is 18.9 Å². The van der Waals surface area contributed by atoms with E-state index in [0.29, 0.717) is 41.1 Å². The Morgan fingerprint density at radius 3 is 2.40 bits per heavy atom. The van der Waals surface area contributed by atoms with E-state index in [4.69, 9.17) is 10.5 Å². The van der Waals surface area contributed by atoms with Crippen LogP contribution in [-0.2, 0) is 11.3 Å². The highest BCUT2D eigenvalue weighted by Gasteiger charge is 2.37. The van der Waals surface area contributed by atoms with Crippen molar-refractivity contribution in [3.8, 4) is 16.9 Å². The third-order valence-corrected chi connectivity index (χ3v) is 8.45. The number of nitrogens with one attached hydrogen (secondary N) is 1. The zero-order valence-corrected chi connectivity index (χ0v) is 23.8. The first-order chi connectivity index (χ1) is 18.7. The lowest BCUT2D eigenvalue weighted by atomic mass is 9.80. The van der Waals surface area contributed by atoms with Crippen LogP contribution in [0.5, 0.6) is 5.75 Å². The molecule has 2 aliphatic rings. The van der Waals surface area contributed by atoms with Gasteiger partial charge >= 0.3 is 6.36 Å². The van der Waals surface area contributed by atoms with Crippen LogP contribution in [0, 0.1) is 5.92 Å². The molecular formula is C31H39ClF3N3O2. The highest BCUT2D eigenvalue weighted by atomic mass is 35.5. The number of benzene rings is 2. The summed E-state index contributed by atoms with van der Waals surface area (Å²) in [5, 5.41) is 3.70. The van der Waals surface area contributed by atoms with Gasteiger partial charge in [0.25, 0.3) is 0 Å². The molecule has 1 heterocycles. The van der Waals surface area contributed by atoms with E-state index in [9.17, 15) is 18.0 Å². The number of carbonyl (C=O) groups excluding carboxylic acids is 1. The van der Waals surface area contributed by atoms with Crippen molar-refractivity contribution in [3.05, 3.63) is 48.2 Å². The van der Waals surface area contributed by atoms with Crippen molar-refractivity contribution in [2.75, 3.05) is 5.32 Å². The molecule has 2 saturated carbocycles. The monoisotopic (exact) mass is 577 g/mol. The van der Waals surface area contributed by atoms with Gasteiger partial charge in [0.2, 0.25) is 5.91 Å². The smallest absolute Gasteiger partial charge is 0.405 e. The van der Waals surface area contributed by atoms with E-state index in [1.54, 1.807) is 19.1 Å². The Morgan fingerprint density at radius 1 is 1.02 bits per heavy atom. The van der Waals surface area contributed by atoms with Crippen molar-refractivity contribution in [1.29, 1.82) is 0 Å². The number of hydrogen-bond acceptors (Lipinski definition) is 3. The fraction of sp³-hybridized carbons (Fsp3) is 0.516. The number of alkyl halides is 3. The average molecular weight is 578 g/mol. The Labute approximate surface area is 240 Å². The van der Waals surface area contributed by atoms with E-state index in [0.717, 1.165) is 43.1 Å². The lowest BCUT2D eigenvalue weighted by molar-refractivity contribution is -0.274. The summed E-state index contributed by atoms with van der Waals surface area (Å²) in [5.41, 5.74) is 8.87. The Morgan fingerprint density at radius 2 is 1.73 bits per heavy atom. The van der Waals surface area contributed by atoms with E-state index in [1.807, 2.05) is 30.5 Å². The minimum absolute atomic E-state index is 0. The maximum absolute atomic E-state index is 14.0. The number of aromatic nitrogens is 1. The van der Waals surface area contributed by atoms with Gasteiger partial charge in [-0.2, -0.15) is 0 Å². The minimum Gasteiger partial charge on any atom is -0.405 e. The third-order valence-electron chi connectivity index (χ3n) is 8.45. The summed E-state index contributed by atoms with van der Waals surface area (Å²) < 4.78 is 49.0. The molecule has 218 valence electrons. The molecule has 5 rings (SSSR count). The molecule has 2 fully saturated rings. The standard InChI is InChI=1S/C31H38F3N3O2.ClH/c1-2-28(38)36-26-17-16-23(21-12-14-22(35)15-13-21)30(39-31(32,33)34)29(26)25-19-37(18-20-8-4-3-5-9-20)27-11-7-6-10-24(25)27;/h6-7,10-11,16-17,19-22H,2-5,8-9,12-15,18,35H2,1H3,(H,36,38);1H. The third kappa shape index (κ3) is 6.77. The van der Waals surface area contributed by atoms with Gasteiger partial charge in [-0.15, -0.1) is 25.6 Å². The molecule has 3 aromatic rings. The molecule has 1 amide bonds. The summed E-state index contributed by atoms with van der Waals surface area (Å²) in [7, 11) is 0. The number of fused-ring (bicyclic) bond motifs is 1. The van der Waals surface area contributed by atoms with Gasteiger partial charge in [0.15, 0.2) is 0 Å². The van der Waals surface area contributed by atoms with Gasteiger partial charge in [-0.3, -0.25) is 4.79 Å². The zero-order chi connectivity index (χ0) is 27.6. The largest absolute Gasteiger partial charge is 0.573 e. The molecule has 9 heteroatoms. The predicted octanol–water partition coefficient (Wildman–Crippen LogP) is 8.54. The number of rotatable bonds is 7. The first kappa shape index (κ1) is 30.3. The summed E-state index contributed by atoms with van der Waals surface area (Å²) in [6.07, 6.45) is 6.15. The molecule has 40 heavy (non-hydrogen) atoms. The fourth-order valence-corrected chi connectivity index (χ4v) is 6.43. The summed E-state index contributed by atoms with van der Waals surface area (Å²) in [5.74, 6) is -0.0493. The molecule has 3 N–H and O–H groups in total. The second kappa shape index (κ2) is 12.9. The highest BCUT2D eigenvalue weighted by molar-refractivity contribution is 6.04. The molecule has 2 aromatic carbocycles. The van der Waals surface area contributed by atoms with E-state index < -0.39 is 6.36 Å². The lowest BCUT2D eigenvalue weighted by Gasteiger charge is -2.29. The predicted molar refractivity (Wildman–Crippen MR) is 156 cm³/mol. The van der Waals surface area contributed by atoms with E-state index in [1.165, 1.54) is 19.3 Å². The number of carbonyl (C=O) groups is 1. The maximum Gasteiger partial charge on any atom is 0.573 e. The van der Waals surface area contributed by atoms with Crippen molar-refractivity contribution in [2.45, 2.75) is 96.0 Å². The van der Waals surface area contributed by atoms with E-state index in [-0.39, 0.29) is 42.4 Å². The molecule has 1 aromatic heterocycles. The van der Waals surface area contributed by atoms with Gasteiger partial charge in [-0.05, 0) is 68.1 Å². The first-order valence-corrected chi connectivity index (χ1v) is 14.3. The summed E-state index contributed by atoms with van der Waals surface area (Å²) in [6, 6.07) is 11.3. The molecular weight excluding hydrogens is 539 g/mol. The zero-order valence-electron chi connectivity index (χ0n) is 22.9. The number of amides is 1. The molecule has 0 bridgehead atoms. The Bertz CT molecular complexity index is 1310. The molecule has 0 atom stereocenters. The molecule has 0 unspecified atom stereocenters. The van der Waals surface area contributed by atoms with Crippen LogP contribution in [0.1, 0.15) is 82.6 Å². The maximum atomic E-state index is 14.0. The van der Waals surface area contributed by atoms with Crippen LogP contribution in [0.2, 0.25) is 0 Å². The summed E-state index contributed by atoms with van der Waals surface area (Å²) >= 11 is 0. The number of hydrogen-bond donors (Lipinski definition) is 2. The quantitative estimate of drug-likeness (QED) is 0.295.